The number of hydrogen-bond donors (Lipinski definition) is 1. The summed E-state index contributed by atoms with van der Waals surface area (Å²) in [6.07, 6.45) is 1.05. The van der Waals surface area contributed by atoms with Gasteiger partial charge in [-0.2, -0.15) is 0 Å². The summed E-state index contributed by atoms with van der Waals surface area (Å²) in [5, 5.41) is 2.81. The van der Waals surface area contributed by atoms with Gasteiger partial charge in [-0.15, -0.1) is 0 Å². The van der Waals surface area contributed by atoms with Gasteiger partial charge in [-0.3, -0.25) is 4.98 Å². The van der Waals surface area contributed by atoms with Crippen LogP contribution in [0.4, 0.5) is 9.18 Å². The maximum Gasteiger partial charge on any atom is 0.318 e. The minimum atomic E-state index is -0.393. The van der Waals surface area contributed by atoms with Crippen molar-refractivity contribution in [3.05, 3.63) is 59.7 Å². The van der Waals surface area contributed by atoms with E-state index in [1.165, 1.54) is 6.07 Å². The maximum absolute atomic E-state index is 12.8. The molecule has 1 aliphatic rings. The molecule has 1 aliphatic heterocycles. The van der Waals surface area contributed by atoms with Crippen LogP contribution in [0.5, 0.6) is 5.75 Å². The van der Waals surface area contributed by atoms with Crippen molar-refractivity contribution in [2.45, 2.75) is 26.1 Å². The summed E-state index contributed by atoms with van der Waals surface area (Å²) in [6, 6.07) is 10.4. The Bertz CT molecular complexity index is 690. The van der Waals surface area contributed by atoms with Crippen LogP contribution >= 0.6 is 0 Å². The number of rotatable bonds is 2. The molecule has 0 saturated heterocycles. The van der Waals surface area contributed by atoms with E-state index in [-0.39, 0.29) is 18.7 Å². The number of aromatic nitrogens is 1. The van der Waals surface area contributed by atoms with Crippen molar-refractivity contribution in [3.8, 4) is 5.75 Å². The predicted molar refractivity (Wildman–Crippen MR) is 83.4 cm³/mol. The van der Waals surface area contributed by atoms with Gasteiger partial charge in [0, 0.05) is 5.56 Å². The van der Waals surface area contributed by atoms with Crippen molar-refractivity contribution in [1.82, 2.24) is 15.2 Å². The number of urea groups is 1. The minimum absolute atomic E-state index is 0.0895. The monoisotopic (exact) mass is 315 g/mol. The Hall–Kier alpha value is -2.63. The number of pyridine rings is 1. The Morgan fingerprint density at radius 2 is 2.22 bits per heavy atom. The number of carbonyl (C=O) groups is 1. The molecule has 5 nitrogen and oxygen atoms in total. The molecule has 1 atom stereocenters. The van der Waals surface area contributed by atoms with Crippen molar-refractivity contribution >= 4 is 6.03 Å². The first-order valence-corrected chi connectivity index (χ1v) is 7.49. The number of para-hydroxylation sites is 1. The molecule has 0 saturated carbocycles. The number of amides is 2. The zero-order valence-corrected chi connectivity index (χ0v) is 12.8. The largest absolute Gasteiger partial charge is 0.489 e. The average molecular weight is 315 g/mol. The van der Waals surface area contributed by atoms with Gasteiger partial charge in [-0.25, -0.2) is 9.18 Å². The summed E-state index contributed by atoms with van der Waals surface area (Å²) in [5.74, 6) is 0.422. The second-order valence-electron chi connectivity index (χ2n) is 5.54. The molecule has 23 heavy (non-hydrogen) atoms. The fourth-order valence-corrected chi connectivity index (χ4v) is 2.53. The molecule has 2 amide bonds. The third kappa shape index (κ3) is 3.77. The van der Waals surface area contributed by atoms with Gasteiger partial charge in [0.05, 0.1) is 31.5 Å². The van der Waals surface area contributed by atoms with Crippen molar-refractivity contribution in [3.63, 3.8) is 0 Å². The summed E-state index contributed by atoms with van der Waals surface area (Å²) in [6.45, 7) is 3.18. The van der Waals surface area contributed by atoms with Crippen LogP contribution in [0.3, 0.4) is 0 Å². The molecule has 0 unspecified atom stereocenters. The highest BCUT2D eigenvalue weighted by Crippen LogP contribution is 2.24. The molecule has 0 spiro atoms. The molecule has 1 N–H and O–H groups in total. The Morgan fingerprint density at radius 1 is 1.39 bits per heavy atom. The normalized spacial score (nSPS) is 17.0. The summed E-state index contributed by atoms with van der Waals surface area (Å²) in [4.78, 5) is 18.0. The first kappa shape index (κ1) is 15.3. The van der Waals surface area contributed by atoms with E-state index in [2.05, 4.69) is 10.3 Å². The molecule has 0 aliphatic carbocycles. The Morgan fingerprint density at radius 3 is 3.00 bits per heavy atom. The number of nitrogens with one attached hydrogen (secondary N) is 1. The van der Waals surface area contributed by atoms with Gasteiger partial charge in [-0.1, -0.05) is 18.2 Å². The van der Waals surface area contributed by atoms with Crippen LogP contribution in [0, 0.1) is 5.82 Å². The lowest BCUT2D eigenvalue weighted by atomic mass is 10.2. The number of nitrogens with zero attached hydrogens (tertiary/aromatic N) is 2. The summed E-state index contributed by atoms with van der Waals surface area (Å²) in [5.41, 5.74) is 1.59. The van der Waals surface area contributed by atoms with Crippen molar-refractivity contribution in [1.29, 1.82) is 0 Å². The van der Waals surface area contributed by atoms with Crippen LogP contribution in [0.1, 0.15) is 18.2 Å². The Balaban J connectivity index is 1.66. The summed E-state index contributed by atoms with van der Waals surface area (Å²) >= 11 is 0. The van der Waals surface area contributed by atoms with E-state index in [4.69, 9.17) is 4.74 Å². The fourth-order valence-electron chi connectivity index (χ4n) is 2.53. The van der Waals surface area contributed by atoms with Gasteiger partial charge in [0.15, 0.2) is 0 Å². The second-order valence-corrected chi connectivity index (χ2v) is 5.54. The average Bonchev–Trinajstić information content (AvgIpc) is 2.72. The molecule has 120 valence electrons. The van der Waals surface area contributed by atoms with Crippen molar-refractivity contribution < 1.29 is 13.9 Å². The van der Waals surface area contributed by atoms with E-state index in [9.17, 15) is 9.18 Å². The lowest BCUT2D eigenvalue weighted by Gasteiger charge is -2.22. The molecule has 2 heterocycles. The highest BCUT2D eigenvalue weighted by Gasteiger charge is 2.23. The smallest absolute Gasteiger partial charge is 0.318 e. The molecule has 0 fully saturated rings. The van der Waals surface area contributed by atoms with Gasteiger partial charge >= 0.3 is 6.03 Å². The molecule has 0 bridgehead atoms. The standard InChI is InChI=1S/C17H18FN3O2/c1-12-10-21(11-13-4-2-3-5-16(13)23-12)17(22)20-9-15-7-6-14(18)8-19-15/h2-8,12H,9-11H2,1H3,(H,20,22)/t12-/m1/s1. The molecular formula is C17H18FN3O2. The SMILES string of the molecule is C[C@@H]1CN(C(=O)NCc2ccc(F)cn2)Cc2ccccc2O1. The van der Waals surface area contributed by atoms with E-state index in [1.807, 2.05) is 31.2 Å². The Labute approximate surface area is 134 Å². The van der Waals surface area contributed by atoms with Gasteiger partial charge in [0.25, 0.3) is 0 Å². The molecule has 2 aromatic rings. The third-order valence-corrected chi connectivity index (χ3v) is 3.64. The number of hydrogen-bond acceptors (Lipinski definition) is 3. The van der Waals surface area contributed by atoms with E-state index < -0.39 is 5.82 Å². The van der Waals surface area contributed by atoms with Crippen molar-refractivity contribution in [2.24, 2.45) is 0 Å². The van der Waals surface area contributed by atoms with Crippen LogP contribution in [0.25, 0.3) is 0 Å². The molecule has 0 radical (unpaired) electrons. The maximum atomic E-state index is 12.8. The van der Waals surface area contributed by atoms with Gasteiger partial charge in [-0.05, 0) is 25.1 Å². The zero-order chi connectivity index (χ0) is 16.2. The van der Waals surface area contributed by atoms with E-state index in [0.29, 0.717) is 18.8 Å². The molecule has 6 heteroatoms. The molecule has 3 rings (SSSR count). The van der Waals surface area contributed by atoms with Gasteiger partial charge < -0.3 is 15.0 Å². The fraction of sp³-hybridized carbons (Fsp3) is 0.294. The molecule has 1 aromatic heterocycles. The van der Waals surface area contributed by atoms with Crippen LogP contribution in [-0.4, -0.2) is 28.6 Å². The zero-order valence-electron chi connectivity index (χ0n) is 12.8. The summed E-state index contributed by atoms with van der Waals surface area (Å²) in [7, 11) is 0. The lowest BCUT2D eigenvalue weighted by Crippen LogP contribution is -2.42. The number of ether oxygens (including phenoxy) is 1. The first-order valence-electron chi connectivity index (χ1n) is 7.49. The number of benzene rings is 1. The number of fused-ring (bicyclic) bond motifs is 1. The molecule has 1 aromatic carbocycles. The first-order chi connectivity index (χ1) is 11.1. The molecular weight excluding hydrogens is 297 g/mol. The third-order valence-electron chi connectivity index (χ3n) is 3.64. The van der Waals surface area contributed by atoms with Crippen LogP contribution < -0.4 is 10.1 Å². The topological polar surface area (TPSA) is 54.5 Å². The van der Waals surface area contributed by atoms with E-state index >= 15 is 0 Å². The minimum Gasteiger partial charge on any atom is -0.489 e. The van der Waals surface area contributed by atoms with Gasteiger partial charge in [0.1, 0.15) is 17.7 Å². The predicted octanol–water partition coefficient (Wildman–Crippen LogP) is 2.71. The highest BCUT2D eigenvalue weighted by atomic mass is 19.1. The van der Waals surface area contributed by atoms with E-state index in [1.54, 1.807) is 11.0 Å². The summed E-state index contributed by atoms with van der Waals surface area (Å²) < 4.78 is 18.7. The quantitative estimate of drug-likeness (QED) is 0.927. The van der Waals surface area contributed by atoms with Crippen LogP contribution in [0.2, 0.25) is 0 Å². The lowest BCUT2D eigenvalue weighted by molar-refractivity contribution is 0.158. The van der Waals surface area contributed by atoms with Crippen molar-refractivity contribution in [2.75, 3.05) is 6.54 Å². The number of carbonyl (C=O) groups excluding carboxylic acids is 1. The Kier molecular flexibility index (Phi) is 4.41. The van der Waals surface area contributed by atoms with Crippen LogP contribution in [-0.2, 0) is 13.1 Å². The van der Waals surface area contributed by atoms with Gasteiger partial charge in [0.2, 0.25) is 0 Å². The van der Waals surface area contributed by atoms with Crippen LogP contribution in [0.15, 0.2) is 42.6 Å². The second kappa shape index (κ2) is 6.64. The van der Waals surface area contributed by atoms with E-state index in [0.717, 1.165) is 17.5 Å². The number of halogens is 1. The highest BCUT2D eigenvalue weighted by molar-refractivity contribution is 5.74.